The molecule has 19 heterocycles. The van der Waals surface area contributed by atoms with Crippen LogP contribution in [0.4, 0.5) is 29.1 Å². The highest BCUT2D eigenvalue weighted by molar-refractivity contribution is 9.10. The van der Waals surface area contributed by atoms with E-state index in [0.717, 1.165) is 192 Å². The average Bonchev–Trinajstić information content (AvgIpc) is 1.68. The molecule has 0 unspecified atom stereocenters. The van der Waals surface area contributed by atoms with Crippen molar-refractivity contribution in [2.24, 2.45) is 0 Å². The zero-order valence-corrected chi connectivity index (χ0v) is 68.6. The lowest BCUT2D eigenvalue weighted by Gasteiger charge is -2.32. The Labute approximate surface area is 695 Å². The summed E-state index contributed by atoms with van der Waals surface area (Å²) in [6.07, 6.45) is 33.8. The molecule has 0 radical (unpaired) electrons. The number of fused-ring (bicyclic) bond motifs is 5. The summed E-state index contributed by atoms with van der Waals surface area (Å²) >= 11 is 25.4. The van der Waals surface area contributed by atoms with Crippen LogP contribution < -0.4 is 42.1 Å². The summed E-state index contributed by atoms with van der Waals surface area (Å²) in [5.41, 5.74) is 17.0. The predicted octanol–water partition coefficient (Wildman–Crippen LogP) is 17.4. The summed E-state index contributed by atoms with van der Waals surface area (Å²) in [4.78, 5) is 48.4. The maximum absolute atomic E-state index is 6.14. The first-order valence-electron chi connectivity index (χ1n) is 38.7. The third-order valence-corrected chi connectivity index (χ3v) is 22.8. The van der Waals surface area contributed by atoms with Crippen molar-refractivity contribution in [2.45, 2.75) is 94.9 Å². The Morgan fingerprint density at radius 1 is 0.391 bits per heavy atom. The third-order valence-electron chi connectivity index (χ3n) is 21.2. The zero-order valence-electron chi connectivity index (χ0n) is 63.2. The lowest BCUT2D eigenvalue weighted by atomic mass is 9.93. The number of piperidine rings is 1. The van der Waals surface area contributed by atoms with Crippen molar-refractivity contribution in [3.8, 4) is 68.1 Å². The van der Waals surface area contributed by atoms with Crippen molar-refractivity contribution >= 4 is 124 Å². The van der Waals surface area contributed by atoms with E-state index in [0.29, 0.717) is 45.3 Å². The normalized spacial score (nSPS) is 15.2. The fourth-order valence-electron chi connectivity index (χ4n) is 14.6. The van der Waals surface area contributed by atoms with Crippen LogP contribution in [0.1, 0.15) is 63.4 Å². The Balaban J connectivity index is 0.000000104. The van der Waals surface area contributed by atoms with Gasteiger partial charge in [-0.1, -0.05) is 81.8 Å². The lowest BCUT2D eigenvalue weighted by molar-refractivity contribution is 0.442. The molecule has 8 N–H and O–H groups in total. The number of anilines is 5. The molecule has 5 fully saturated rings. The van der Waals surface area contributed by atoms with Gasteiger partial charge in [0.1, 0.15) is 57.3 Å². The number of hydrogen-bond acceptors (Lipinski definition) is 19. The molecule has 584 valence electrons. The Morgan fingerprint density at radius 3 is 1.31 bits per heavy atom. The van der Waals surface area contributed by atoms with Gasteiger partial charge in [0.2, 0.25) is 0 Å². The van der Waals surface area contributed by atoms with Gasteiger partial charge >= 0.3 is 0 Å². The van der Waals surface area contributed by atoms with Crippen molar-refractivity contribution in [2.75, 3.05) is 72.5 Å². The van der Waals surface area contributed by atoms with Crippen LogP contribution in [0.25, 0.3) is 96.3 Å². The summed E-state index contributed by atoms with van der Waals surface area (Å²) in [6.45, 7) is 8.11. The van der Waals surface area contributed by atoms with Gasteiger partial charge in [0.05, 0.1) is 121 Å². The number of nitrogens with zero attached hydrogens (tertiary/aromatic N) is 17. The molecule has 16 aromatic heterocycles. The monoisotopic (exact) mass is 1720 g/mol. The Hall–Kier alpha value is -10.9. The smallest absolute Gasteiger partial charge is 0.137 e. The molecule has 3 aliphatic heterocycles. The molecule has 0 bridgehead atoms. The van der Waals surface area contributed by atoms with E-state index in [1.165, 1.54) is 44.9 Å². The predicted molar refractivity (Wildman–Crippen MR) is 467 cm³/mol. The van der Waals surface area contributed by atoms with Crippen molar-refractivity contribution < 1.29 is 0 Å². The minimum Gasteiger partial charge on any atom is -0.367 e. The minimum absolute atomic E-state index is 0.436. The van der Waals surface area contributed by atoms with Gasteiger partial charge in [0.25, 0.3) is 0 Å². The fourth-order valence-corrected chi connectivity index (χ4v) is 15.9. The first kappa shape index (κ1) is 76.7. The van der Waals surface area contributed by atoms with Crippen LogP contribution in [-0.4, -0.2) is 159 Å². The van der Waals surface area contributed by atoms with Gasteiger partial charge in [0.15, 0.2) is 0 Å². The number of aromatic amines is 1. The van der Waals surface area contributed by atoms with Crippen LogP contribution >= 0.6 is 66.7 Å². The molecular weight excluding hydrogens is 1640 g/mol. The molecule has 30 heteroatoms. The molecule has 0 amide bonds. The number of pyridine rings is 10. The second kappa shape index (κ2) is 35.1. The van der Waals surface area contributed by atoms with Crippen molar-refractivity contribution in [1.29, 1.82) is 0 Å². The first-order valence-corrected chi connectivity index (χ1v) is 41.5. The fraction of sp³-hybridized carbons (Fsp3) is 0.259. The van der Waals surface area contributed by atoms with Crippen molar-refractivity contribution in [3.63, 3.8) is 0 Å². The summed E-state index contributed by atoms with van der Waals surface area (Å²) in [5.74, 6) is 4.64. The topological polar surface area (TPSA) is 267 Å². The van der Waals surface area contributed by atoms with E-state index in [2.05, 4.69) is 174 Å². The van der Waals surface area contributed by atoms with Crippen LogP contribution in [0.5, 0.6) is 0 Å². The zero-order chi connectivity index (χ0) is 78.3. The number of H-pyrrole nitrogens is 1. The molecule has 16 aromatic rings. The van der Waals surface area contributed by atoms with Crippen molar-refractivity contribution in [1.82, 2.24) is 98.0 Å². The summed E-state index contributed by atoms with van der Waals surface area (Å²) in [7, 11) is 2.13. The third kappa shape index (κ3) is 18.1. The van der Waals surface area contributed by atoms with E-state index in [4.69, 9.17) is 59.7 Å². The molecule has 5 aliphatic rings. The Bertz CT molecular complexity index is 5910. The van der Waals surface area contributed by atoms with E-state index in [1.807, 2.05) is 184 Å². The molecule has 0 atom stereocenters. The van der Waals surface area contributed by atoms with E-state index in [1.54, 1.807) is 0 Å². The molecule has 2 saturated carbocycles. The second-order valence-electron chi connectivity index (χ2n) is 29.3. The number of nitrogens with one attached hydrogen (secondary N) is 8. The summed E-state index contributed by atoms with van der Waals surface area (Å²) < 4.78 is 12.1. The molecule has 115 heavy (non-hydrogen) atoms. The average molecular weight is 1720 g/mol. The standard InChI is InChI=1S/C20H20N6.C18H20ClN5.C16H15BrN4.C16H16ClN5.C15H13BrClN5/c1-2-5-16(4-1)24-19-7-3-6-17(25-19)18-12-21-20-9-8-14(13-26(18)20)15-10-22-23-11-15;1-23(14-7-9-20-10-8-14)18-4-2-3-15(22-18)16-11-21-17-6-5-13(19)12-24(16)17;17-11-7-8-16-18-9-14(21(16)10-11)13-5-2-6-15(20-13)19-12-3-1-4-12;1-10-4-13(21-15(5-10)20-12-6-18-7-12)14-8-19-16-3-2-11(17)9-22(14)16;16-9-3-12(21-14(4-9)20-11-5-18-6-11)13-7-19-15-2-1-10(17)8-22(13)15/h3,6-13,16H,1-2,4-5H2,(H,22,23)(H,24,25);2-6,11-12,14,20H,7-10H2,1H3;2,5-10,12H,1,3-4H2,(H,19,20);2-5,8-9,12,18H,6-7H2,1H3,(H,20,21);1-4,7-8,11,18H,5-6H2,(H,20,21). The maximum Gasteiger partial charge on any atom is 0.137 e. The molecule has 21 rings (SSSR count). The molecular formula is C85H84Br2Cl3N25. The highest BCUT2D eigenvalue weighted by Gasteiger charge is 2.24. The number of imidazole rings is 5. The van der Waals surface area contributed by atoms with Gasteiger partial charge in [-0.25, -0.2) is 49.8 Å². The van der Waals surface area contributed by atoms with Crippen LogP contribution in [0, 0.1) is 6.92 Å². The van der Waals surface area contributed by atoms with Gasteiger partial charge < -0.3 is 42.1 Å². The minimum atomic E-state index is 0.436. The molecule has 0 aromatic carbocycles. The first-order chi connectivity index (χ1) is 56.3. The lowest BCUT2D eigenvalue weighted by Crippen LogP contribution is -2.51. The van der Waals surface area contributed by atoms with Gasteiger partial charge in [-0.3, -0.25) is 27.1 Å². The van der Waals surface area contributed by atoms with Crippen LogP contribution in [-0.2, 0) is 0 Å². The molecule has 25 nitrogen and oxygen atoms in total. The van der Waals surface area contributed by atoms with Crippen LogP contribution in [0.2, 0.25) is 15.1 Å². The molecule has 0 spiro atoms. The largest absolute Gasteiger partial charge is 0.367 e. The quantitative estimate of drug-likeness (QED) is 0.0447. The van der Waals surface area contributed by atoms with Gasteiger partial charge in [-0.05, 0) is 208 Å². The number of halogens is 5. The molecule has 2 aliphatic carbocycles. The van der Waals surface area contributed by atoms with E-state index < -0.39 is 0 Å². The van der Waals surface area contributed by atoms with Crippen LogP contribution in [0.3, 0.4) is 0 Å². The Morgan fingerprint density at radius 2 is 0.826 bits per heavy atom. The van der Waals surface area contributed by atoms with Gasteiger partial charge in [-0.15, -0.1) is 0 Å². The summed E-state index contributed by atoms with van der Waals surface area (Å²) in [5, 5.41) is 32.8. The van der Waals surface area contributed by atoms with E-state index >= 15 is 0 Å². The van der Waals surface area contributed by atoms with E-state index in [-0.39, 0.29) is 0 Å². The highest BCUT2D eigenvalue weighted by Crippen LogP contribution is 2.33. The second-order valence-corrected chi connectivity index (χ2v) is 32.4. The highest BCUT2D eigenvalue weighted by atomic mass is 79.9. The van der Waals surface area contributed by atoms with Crippen molar-refractivity contribution in [3.05, 3.63) is 243 Å². The Kier molecular flexibility index (Phi) is 23.4. The summed E-state index contributed by atoms with van der Waals surface area (Å²) in [6, 6.07) is 48.3. The SMILES string of the molecule is Brc1ccc2ncc(-c3cccc(NC4CCC4)n3)n2c1.CN(c1cccc(-c2cnc3ccc(Cl)cn23)n1)C1CCNCC1.Cc1cc(NC2CNC2)nc(-c2cnc3ccc(Cl)cn23)c1.Clc1ccc2ncc(-c3cc(Br)cc(NC4CNC4)n3)n2c1.c1cc(NC2CCCC2)nc(-c2cnc3ccc(-c4cn[nH]c4)cn23)c1. The van der Waals surface area contributed by atoms with Crippen LogP contribution in [0.15, 0.2) is 223 Å². The van der Waals surface area contributed by atoms with Gasteiger partial charge in [-0.2, -0.15) is 5.10 Å². The van der Waals surface area contributed by atoms with E-state index in [9.17, 15) is 0 Å². The molecule has 3 saturated heterocycles. The number of hydrogen-bond donors (Lipinski definition) is 8. The number of aryl methyl sites for hydroxylation is 1. The number of rotatable bonds is 16. The number of aromatic nitrogens is 17. The van der Waals surface area contributed by atoms with Gasteiger partial charge in [0, 0.05) is 109 Å². The maximum atomic E-state index is 6.14.